The molecule has 1 N–H and O–H groups in total. The van der Waals surface area contributed by atoms with E-state index in [1.807, 2.05) is 24.4 Å². The lowest BCUT2D eigenvalue weighted by atomic mass is 9.89. The topological polar surface area (TPSA) is 41.6 Å². The lowest BCUT2D eigenvalue weighted by Gasteiger charge is -2.16. The van der Waals surface area contributed by atoms with Crippen molar-refractivity contribution in [3.63, 3.8) is 0 Å². The lowest BCUT2D eigenvalue weighted by molar-refractivity contribution is 0.571. The summed E-state index contributed by atoms with van der Waals surface area (Å²) in [5.41, 5.74) is 4.31. The van der Waals surface area contributed by atoms with Crippen LogP contribution in [0.1, 0.15) is 26.5 Å². The molecule has 2 heterocycles. The first-order chi connectivity index (χ1) is 9.05. The molecule has 0 fully saturated rings. The number of fused-ring (bicyclic) bond motifs is 1. The van der Waals surface area contributed by atoms with E-state index in [2.05, 4.69) is 54.2 Å². The highest BCUT2D eigenvalue weighted by Gasteiger charge is 2.19. The molecule has 0 spiro atoms. The summed E-state index contributed by atoms with van der Waals surface area (Å²) < 4.78 is 0. The number of hydrogen-bond donors (Lipinski definition) is 1. The van der Waals surface area contributed by atoms with Crippen molar-refractivity contribution in [2.75, 3.05) is 0 Å². The largest absolute Gasteiger partial charge is 0.281 e. The zero-order chi connectivity index (χ0) is 13.5. The average Bonchev–Trinajstić information content (AvgIpc) is 2.82. The Labute approximate surface area is 124 Å². The molecule has 3 nitrogen and oxygen atoms in total. The maximum Gasteiger partial charge on any atom is 0.0930 e. The number of benzene rings is 1. The second-order valence-corrected chi connectivity index (χ2v) is 5.80. The monoisotopic (exact) mass is 287 g/mol. The number of rotatable bonds is 1. The Hall–Kier alpha value is -1.87. The normalized spacial score (nSPS) is 11.3. The fourth-order valence-electron chi connectivity index (χ4n) is 2.28. The molecule has 3 rings (SSSR count). The molecule has 0 saturated carbocycles. The van der Waals surface area contributed by atoms with E-state index in [0.29, 0.717) is 0 Å². The van der Waals surface area contributed by atoms with E-state index in [1.54, 1.807) is 0 Å². The SMILES string of the molecule is CC(C)(C)c1[nH]nc2cc(-c3ccccn3)ccc12.Cl. The van der Waals surface area contributed by atoms with Crippen LogP contribution < -0.4 is 0 Å². The average molecular weight is 288 g/mol. The second kappa shape index (κ2) is 5.25. The summed E-state index contributed by atoms with van der Waals surface area (Å²) in [7, 11) is 0. The standard InChI is InChI=1S/C16H17N3.ClH/c1-16(2,3)15-12-8-7-11(10-14(12)18-19-15)13-6-4-5-9-17-13;/h4-10H,1-3H3,(H,18,19);1H. The Balaban J connectivity index is 0.00000147. The summed E-state index contributed by atoms with van der Waals surface area (Å²) in [5, 5.41) is 8.77. The van der Waals surface area contributed by atoms with Gasteiger partial charge in [0.1, 0.15) is 0 Å². The van der Waals surface area contributed by atoms with Gasteiger partial charge in [0.05, 0.1) is 11.2 Å². The number of nitrogens with zero attached hydrogens (tertiary/aromatic N) is 2. The van der Waals surface area contributed by atoms with Gasteiger partial charge in [-0.2, -0.15) is 5.10 Å². The van der Waals surface area contributed by atoms with Crippen molar-refractivity contribution in [1.82, 2.24) is 15.2 Å². The van der Waals surface area contributed by atoms with Gasteiger partial charge >= 0.3 is 0 Å². The van der Waals surface area contributed by atoms with Crippen molar-refractivity contribution in [3.05, 3.63) is 48.3 Å². The third-order valence-corrected chi connectivity index (χ3v) is 3.27. The zero-order valence-corrected chi connectivity index (χ0v) is 12.7. The minimum Gasteiger partial charge on any atom is -0.281 e. The maximum atomic E-state index is 4.42. The highest BCUT2D eigenvalue weighted by Crippen LogP contribution is 2.30. The molecule has 0 aliphatic carbocycles. The van der Waals surface area contributed by atoms with Gasteiger partial charge in [-0.05, 0) is 18.2 Å². The van der Waals surface area contributed by atoms with Crippen LogP contribution in [0.15, 0.2) is 42.6 Å². The Bertz CT molecular complexity index is 711. The molecule has 1 aromatic carbocycles. The quantitative estimate of drug-likeness (QED) is 0.723. The smallest absolute Gasteiger partial charge is 0.0930 e. The van der Waals surface area contributed by atoms with E-state index in [1.165, 1.54) is 11.1 Å². The molecule has 0 saturated heterocycles. The molecule has 0 radical (unpaired) electrons. The van der Waals surface area contributed by atoms with E-state index >= 15 is 0 Å². The van der Waals surface area contributed by atoms with Gasteiger partial charge in [0, 0.05) is 28.3 Å². The first-order valence-corrected chi connectivity index (χ1v) is 6.46. The van der Waals surface area contributed by atoms with Crippen molar-refractivity contribution in [2.24, 2.45) is 0 Å². The molecule has 0 unspecified atom stereocenters. The Morgan fingerprint density at radius 2 is 1.85 bits per heavy atom. The molecule has 3 aromatic rings. The van der Waals surface area contributed by atoms with Crippen molar-refractivity contribution >= 4 is 23.3 Å². The van der Waals surface area contributed by atoms with Gasteiger partial charge in [0.15, 0.2) is 0 Å². The lowest BCUT2D eigenvalue weighted by Crippen LogP contribution is -2.11. The predicted octanol–water partition coefficient (Wildman–Crippen LogP) is 4.34. The fourth-order valence-corrected chi connectivity index (χ4v) is 2.28. The van der Waals surface area contributed by atoms with Crippen molar-refractivity contribution in [1.29, 1.82) is 0 Å². The second-order valence-electron chi connectivity index (χ2n) is 5.80. The summed E-state index contributed by atoms with van der Waals surface area (Å²) in [6.45, 7) is 6.56. The van der Waals surface area contributed by atoms with E-state index in [-0.39, 0.29) is 17.8 Å². The molecule has 20 heavy (non-hydrogen) atoms. The minimum atomic E-state index is 0. The van der Waals surface area contributed by atoms with Crippen LogP contribution in [-0.2, 0) is 5.41 Å². The van der Waals surface area contributed by atoms with Crippen LogP contribution >= 0.6 is 12.4 Å². The minimum absolute atomic E-state index is 0. The number of H-pyrrole nitrogens is 1. The highest BCUT2D eigenvalue weighted by atomic mass is 35.5. The van der Waals surface area contributed by atoms with Crippen LogP contribution in [0.5, 0.6) is 0 Å². The first-order valence-electron chi connectivity index (χ1n) is 6.46. The summed E-state index contributed by atoms with van der Waals surface area (Å²) in [6, 6.07) is 12.3. The molecule has 0 atom stereocenters. The Morgan fingerprint density at radius 3 is 2.50 bits per heavy atom. The van der Waals surface area contributed by atoms with Gasteiger partial charge in [-0.15, -0.1) is 12.4 Å². The van der Waals surface area contributed by atoms with Crippen molar-refractivity contribution in [3.8, 4) is 11.3 Å². The number of nitrogens with one attached hydrogen (secondary N) is 1. The van der Waals surface area contributed by atoms with Crippen LogP contribution in [0.2, 0.25) is 0 Å². The van der Waals surface area contributed by atoms with E-state index in [9.17, 15) is 0 Å². The first kappa shape index (κ1) is 14.5. The summed E-state index contributed by atoms with van der Waals surface area (Å²) in [5.74, 6) is 0. The Kier molecular flexibility index (Phi) is 3.82. The van der Waals surface area contributed by atoms with Crippen LogP contribution in [0.25, 0.3) is 22.2 Å². The van der Waals surface area contributed by atoms with Gasteiger partial charge < -0.3 is 0 Å². The number of aromatic amines is 1. The molecular weight excluding hydrogens is 270 g/mol. The molecule has 0 bridgehead atoms. The summed E-state index contributed by atoms with van der Waals surface area (Å²) >= 11 is 0. The molecular formula is C16H18ClN3. The van der Waals surface area contributed by atoms with Crippen molar-refractivity contribution < 1.29 is 0 Å². The predicted molar refractivity (Wildman–Crippen MR) is 85.3 cm³/mol. The van der Waals surface area contributed by atoms with Gasteiger partial charge in [0.2, 0.25) is 0 Å². The number of pyridine rings is 1. The zero-order valence-electron chi connectivity index (χ0n) is 11.8. The van der Waals surface area contributed by atoms with Crippen LogP contribution in [-0.4, -0.2) is 15.2 Å². The van der Waals surface area contributed by atoms with Gasteiger partial charge in [-0.3, -0.25) is 10.1 Å². The Morgan fingerprint density at radius 1 is 1.05 bits per heavy atom. The van der Waals surface area contributed by atoms with Crippen LogP contribution in [0.4, 0.5) is 0 Å². The van der Waals surface area contributed by atoms with Crippen LogP contribution in [0.3, 0.4) is 0 Å². The molecule has 0 aliphatic rings. The van der Waals surface area contributed by atoms with E-state index < -0.39 is 0 Å². The van der Waals surface area contributed by atoms with Crippen LogP contribution in [0, 0.1) is 0 Å². The maximum absolute atomic E-state index is 4.42. The molecule has 104 valence electrons. The molecule has 0 amide bonds. The highest BCUT2D eigenvalue weighted by molar-refractivity contribution is 5.86. The van der Waals surface area contributed by atoms with E-state index in [0.717, 1.165) is 16.8 Å². The fraction of sp³-hybridized carbons (Fsp3) is 0.250. The van der Waals surface area contributed by atoms with Crippen molar-refractivity contribution in [2.45, 2.75) is 26.2 Å². The van der Waals surface area contributed by atoms with E-state index in [4.69, 9.17) is 0 Å². The number of halogens is 1. The summed E-state index contributed by atoms with van der Waals surface area (Å²) in [4.78, 5) is 4.37. The van der Waals surface area contributed by atoms with Gasteiger partial charge in [0.25, 0.3) is 0 Å². The summed E-state index contributed by atoms with van der Waals surface area (Å²) in [6.07, 6.45) is 1.81. The van der Waals surface area contributed by atoms with Gasteiger partial charge in [-0.1, -0.05) is 39.0 Å². The molecule has 4 heteroatoms. The third-order valence-electron chi connectivity index (χ3n) is 3.27. The molecule has 2 aromatic heterocycles. The third kappa shape index (κ3) is 2.54. The van der Waals surface area contributed by atoms with Gasteiger partial charge in [-0.25, -0.2) is 0 Å². The number of hydrogen-bond acceptors (Lipinski definition) is 2. The number of aromatic nitrogens is 3. The molecule has 0 aliphatic heterocycles.